The average molecular weight is 398 g/mol. The lowest BCUT2D eigenvalue weighted by atomic mass is 10.0. The van der Waals surface area contributed by atoms with E-state index in [1.54, 1.807) is 6.07 Å². The number of halogens is 3. The fourth-order valence-electron chi connectivity index (χ4n) is 3.45. The normalized spacial score (nSPS) is 26.4. The Morgan fingerprint density at radius 1 is 1.33 bits per heavy atom. The number of rotatable bonds is 5. The SMILES string of the molecule is CN(Cc1c(F)cccc1Cl)S(=O)(=O)NC1CC2CCC(C1)N2.Cl. The molecule has 3 rings (SSSR count). The zero-order chi connectivity index (χ0) is 16.6. The Balaban J connectivity index is 0.00000208. The van der Waals surface area contributed by atoms with Crippen LogP contribution in [0.25, 0.3) is 0 Å². The molecular weight excluding hydrogens is 376 g/mol. The Morgan fingerprint density at radius 3 is 2.54 bits per heavy atom. The number of piperidine rings is 1. The van der Waals surface area contributed by atoms with E-state index in [1.807, 2.05) is 0 Å². The van der Waals surface area contributed by atoms with Crippen LogP contribution in [0.4, 0.5) is 4.39 Å². The molecule has 2 aliphatic rings. The van der Waals surface area contributed by atoms with Gasteiger partial charge >= 0.3 is 0 Å². The second-order valence-electron chi connectivity index (χ2n) is 6.39. The summed E-state index contributed by atoms with van der Waals surface area (Å²) >= 11 is 5.97. The molecule has 0 saturated carbocycles. The fourth-order valence-corrected chi connectivity index (χ4v) is 4.76. The van der Waals surface area contributed by atoms with E-state index in [1.165, 1.54) is 19.2 Å². The van der Waals surface area contributed by atoms with E-state index in [9.17, 15) is 12.8 Å². The van der Waals surface area contributed by atoms with E-state index in [2.05, 4.69) is 10.0 Å². The lowest BCUT2D eigenvalue weighted by molar-refractivity contribution is 0.336. The highest BCUT2D eigenvalue weighted by Gasteiger charge is 2.35. The Hall–Kier alpha value is -0.440. The summed E-state index contributed by atoms with van der Waals surface area (Å²) in [5, 5.41) is 3.70. The molecule has 2 saturated heterocycles. The number of nitrogens with one attached hydrogen (secondary N) is 2. The molecule has 5 nitrogen and oxygen atoms in total. The molecule has 136 valence electrons. The molecule has 0 spiro atoms. The predicted octanol–water partition coefficient (Wildman–Crippen LogP) is 2.45. The molecule has 2 atom stereocenters. The molecule has 1 aromatic carbocycles. The van der Waals surface area contributed by atoms with Gasteiger partial charge in [0.2, 0.25) is 0 Å². The maximum atomic E-state index is 13.8. The molecule has 1 aromatic rings. The Kier molecular flexibility index (Phi) is 6.50. The Labute approximate surface area is 153 Å². The van der Waals surface area contributed by atoms with Gasteiger partial charge in [0.25, 0.3) is 10.2 Å². The number of fused-ring (bicyclic) bond motifs is 2. The molecule has 24 heavy (non-hydrogen) atoms. The van der Waals surface area contributed by atoms with Crippen LogP contribution in [-0.4, -0.2) is 37.9 Å². The summed E-state index contributed by atoms with van der Waals surface area (Å²) in [7, 11) is -2.25. The van der Waals surface area contributed by atoms with Crippen LogP contribution in [0.3, 0.4) is 0 Å². The van der Waals surface area contributed by atoms with Crippen molar-refractivity contribution in [2.45, 2.75) is 50.4 Å². The van der Waals surface area contributed by atoms with Crippen LogP contribution in [0.1, 0.15) is 31.2 Å². The summed E-state index contributed by atoms with van der Waals surface area (Å²) in [6.07, 6.45) is 3.79. The zero-order valence-corrected chi connectivity index (χ0v) is 15.7. The largest absolute Gasteiger partial charge is 0.311 e. The zero-order valence-electron chi connectivity index (χ0n) is 13.3. The molecular formula is C15H22Cl2FN3O2S. The van der Waals surface area contributed by atoms with Crippen LogP contribution >= 0.6 is 24.0 Å². The smallest absolute Gasteiger partial charge is 0.279 e. The standard InChI is InChI=1S/C15H21ClFN3O2S.ClH/c1-20(9-13-14(16)3-2-4-15(13)17)23(21,22)19-12-7-10-5-6-11(8-12)18-10;/h2-4,10-12,18-19H,5-9H2,1H3;1H. The molecule has 2 bridgehead atoms. The number of hydrogen-bond acceptors (Lipinski definition) is 3. The van der Waals surface area contributed by atoms with Crippen LogP contribution in [0.2, 0.25) is 5.02 Å². The van der Waals surface area contributed by atoms with Gasteiger partial charge < -0.3 is 5.32 Å². The third-order valence-electron chi connectivity index (χ3n) is 4.64. The van der Waals surface area contributed by atoms with Gasteiger partial charge in [-0.2, -0.15) is 17.4 Å². The first-order valence-electron chi connectivity index (χ1n) is 7.77. The van der Waals surface area contributed by atoms with Gasteiger partial charge in [-0.05, 0) is 37.8 Å². The molecule has 2 heterocycles. The molecule has 2 unspecified atom stereocenters. The summed E-state index contributed by atoms with van der Waals surface area (Å²) in [6, 6.07) is 5.05. The highest BCUT2D eigenvalue weighted by Crippen LogP contribution is 2.27. The van der Waals surface area contributed by atoms with Crippen molar-refractivity contribution in [3.8, 4) is 0 Å². The summed E-state index contributed by atoms with van der Waals surface area (Å²) < 4.78 is 42.7. The minimum atomic E-state index is -3.68. The maximum Gasteiger partial charge on any atom is 0.279 e. The van der Waals surface area contributed by atoms with E-state index < -0.39 is 16.0 Å². The van der Waals surface area contributed by atoms with Crippen LogP contribution in [0.5, 0.6) is 0 Å². The molecule has 9 heteroatoms. The van der Waals surface area contributed by atoms with E-state index >= 15 is 0 Å². The van der Waals surface area contributed by atoms with Crippen LogP contribution in [-0.2, 0) is 16.8 Å². The highest BCUT2D eigenvalue weighted by atomic mass is 35.5. The molecule has 2 aliphatic heterocycles. The van der Waals surface area contributed by atoms with Gasteiger partial charge in [-0.3, -0.25) is 0 Å². The van der Waals surface area contributed by atoms with Gasteiger partial charge in [0.05, 0.1) is 0 Å². The van der Waals surface area contributed by atoms with Gasteiger partial charge in [0, 0.05) is 42.3 Å². The first-order chi connectivity index (χ1) is 10.8. The van der Waals surface area contributed by atoms with Crippen LogP contribution in [0, 0.1) is 5.82 Å². The molecule has 0 amide bonds. The number of nitrogens with zero attached hydrogens (tertiary/aromatic N) is 1. The first kappa shape index (κ1) is 19.9. The second-order valence-corrected chi connectivity index (χ2v) is 8.60. The van der Waals surface area contributed by atoms with E-state index in [-0.39, 0.29) is 35.6 Å². The summed E-state index contributed by atoms with van der Waals surface area (Å²) in [6.45, 7) is -0.0985. The van der Waals surface area contributed by atoms with Gasteiger partial charge in [0.1, 0.15) is 5.82 Å². The monoisotopic (exact) mass is 397 g/mol. The van der Waals surface area contributed by atoms with E-state index in [0.717, 1.165) is 30.0 Å². The quantitative estimate of drug-likeness (QED) is 0.801. The predicted molar refractivity (Wildman–Crippen MR) is 95.1 cm³/mol. The third kappa shape index (κ3) is 4.39. The third-order valence-corrected chi connectivity index (χ3v) is 6.58. The van der Waals surface area contributed by atoms with Crippen molar-refractivity contribution in [3.63, 3.8) is 0 Å². The number of benzene rings is 1. The van der Waals surface area contributed by atoms with E-state index in [4.69, 9.17) is 11.6 Å². The van der Waals surface area contributed by atoms with Gasteiger partial charge in [-0.15, -0.1) is 12.4 Å². The van der Waals surface area contributed by atoms with Crippen molar-refractivity contribution in [1.82, 2.24) is 14.3 Å². The van der Waals surface area contributed by atoms with Crippen molar-refractivity contribution in [2.75, 3.05) is 7.05 Å². The lowest BCUT2D eigenvalue weighted by Gasteiger charge is -2.31. The topological polar surface area (TPSA) is 61.4 Å². The number of hydrogen-bond donors (Lipinski definition) is 2. The maximum absolute atomic E-state index is 13.8. The molecule has 0 radical (unpaired) electrons. The second kappa shape index (κ2) is 7.85. The van der Waals surface area contributed by atoms with E-state index in [0.29, 0.717) is 12.1 Å². The van der Waals surface area contributed by atoms with Crippen molar-refractivity contribution in [3.05, 3.63) is 34.6 Å². The minimum absolute atomic E-state index is 0. The first-order valence-corrected chi connectivity index (χ1v) is 9.59. The van der Waals surface area contributed by atoms with Gasteiger partial charge in [-0.25, -0.2) is 4.39 Å². The van der Waals surface area contributed by atoms with Crippen molar-refractivity contribution < 1.29 is 12.8 Å². The Morgan fingerprint density at radius 2 is 1.96 bits per heavy atom. The Bertz CT molecular complexity index is 657. The minimum Gasteiger partial charge on any atom is -0.311 e. The molecule has 0 aromatic heterocycles. The van der Waals surface area contributed by atoms with Crippen LogP contribution in [0.15, 0.2) is 18.2 Å². The molecule has 2 N–H and O–H groups in total. The van der Waals surface area contributed by atoms with Gasteiger partial charge in [-0.1, -0.05) is 17.7 Å². The average Bonchev–Trinajstić information content (AvgIpc) is 2.81. The van der Waals surface area contributed by atoms with Crippen molar-refractivity contribution >= 4 is 34.2 Å². The lowest BCUT2D eigenvalue weighted by Crippen LogP contribution is -2.50. The molecule has 2 fully saturated rings. The van der Waals surface area contributed by atoms with Crippen molar-refractivity contribution in [1.29, 1.82) is 0 Å². The summed E-state index contributed by atoms with van der Waals surface area (Å²) in [4.78, 5) is 0. The summed E-state index contributed by atoms with van der Waals surface area (Å²) in [5.41, 5.74) is 0.187. The van der Waals surface area contributed by atoms with Crippen LogP contribution < -0.4 is 10.0 Å². The van der Waals surface area contributed by atoms with Crippen molar-refractivity contribution in [2.24, 2.45) is 0 Å². The fraction of sp³-hybridized carbons (Fsp3) is 0.600. The molecule has 0 aliphatic carbocycles. The van der Waals surface area contributed by atoms with Gasteiger partial charge in [0.15, 0.2) is 0 Å². The summed E-state index contributed by atoms with van der Waals surface area (Å²) in [5.74, 6) is -0.500. The highest BCUT2D eigenvalue weighted by molar-refractivity contribution is 7.87.